The summed E-state index contributed by atoms with van der Waals surface area (Å²) >= 11 is 7.19. The lowest BCUT2D eigenvalue weighted by Gasteiger charge is -2.40. The minimum atomic E-state index is -1.42. The molecule has 0 aliphatic carbocycles. The zero-order valence-corrected chi connectivity index (χ0v) is 29.0. The van der Waals surface area contributed by atoms with Crippen LogP contribution in [0.25, 0.3) is 0 Å². The van der Waals surface area contributed by atoms with Crippen molar-refractivity contribution in [1.82, 2.24) is 9.62 Å². The van der Waals surface area contributed by atoms with Crippen LogP contribution < -0.4 is 4.72 Å². The first-order valence-electron chi connectivity index (χ1n) is 15.7. The van der Waals surface area contributed by atoms with Crippen LogP contribution in [-0.2, 0) is 16.8 Å². The number of fused-ring (bicyclic) bond motifs is 2. The molecule has 5 rings (SSSR count). The van der Waals surface area contributed by atoms with E-state index in [0.717, 1.165) is 36.4 Å². The lowest BCUT2D eigenvalue weighted by Crippen LogP contribution is -2.43. The van der Waals surface area contributed by atoms with Crippen molar-refractivity contribution in [2.45, 2.75) is 54.9 Å². The van der Waals surface area contributed by atoms with E-state index in [-0.39, 0.29) is 0 Å². The number of nitrogens with one attached hydrogen (secondary N) is 1. The third-order valence-corrected chi connectivity index (χ3v) is 13.6. The average Bonchev–Trinajstić information content (AvgIpc) is 3.40. The second kappa shape index (κ2) is 15.3. The van der Waals surface area contributed by atoms with Crippen molar-refractivity contribution in [3.63, 3.8) is 0 Å². The van der Waals surface area contributed by atoms with Crippen LogP contribution in [0.3, 0.4) is 0 Å². The second-order valence-corrected chi connectivity index (χ2v) is 18.1. The molecule has 0 saturated carbocycles. The summed E-state index contributed by atoms with van der Waals surface area (Å²) in [5.41, 5.74) is 5.59. The number of likely N-dealkylation sites (tertiary alicyclic amines) is 1. The van der Waals surface area contributed by atoms with Gasteiger partial charge in [0, 0.05) is 27.5 Å². The molecule has 2 unspecified atom stereocenters. The number of hydrogen-bond donors (Lipinski definition) is 2. The monoisotopic (exact) mass is 644 g/mol. The third-order valence-electron chi connectivity index (χ3n) is 9.28. The molecule has 2 aliphatic heterocycles. The molecule has 1 N–H and O–H groups in total. The Bertz CT molecular complexity index is 1440. The normalized spacial score (nSPS) is 19.9. The van der Waals surface area contributed by atoms with E-state index in [9.17, 15) is 0 Å². The highest BCUT2D eigenvalue weighted by atomic mass is 33.1. The lowest BCUT2D eigenvalue weighted by atomic mass is 9.74. The van der Waals surface area contributed by atoms with Crippen LogP contribution in [-0.4, -0.2) is 43.1 Å². The van der Waals surface area contributed by atoms with Crippen LogP contribution >= 0.6 is 32.7 Å². The zero-order valence-electron chi connectivity index (χ0n) is 26.5. The van der Waals surface area contributed by atoms with Crippen LogP contribution in [0.1, 0.15) is 44.2 Å². The van der Waals surface area contributed by atoms with Crippen molar-refractivity contribution in [2.24, 2.45) is 5.92 Å². The molecule has 0 radical (unpaired) electrons. The Balaban J connectivity index is 1.26. The van der Waals surface area contributed by atoms with E-state index >= 15 is 0 Å². The van der Waals surface area contributed by atoms with Gasteiger partial charge in [-0.3, -0.25) is 4.72 Å². The number of piperidine rings is 1. The SMILES string of the molecule is C=C/C(OCc1ccccc1)=C(C)\C=C(/C)C(CCN1CCC2(CC1)CSc1ccccc12)CNS(C)(S)c1ccccc1. The van der Waals surface area contributed by atoms with Gasteiger partial charge in [-0.05, 0) is 106 Å². The highest BCUT2D eigenvalue weighted by molar-refractivity contribution is 8.86. The van der Waals surface area contributed by atoms with Gasteiger partial charge < -0.3 is 9.64 Å². The van der Waals surface area contributed by atoms with Gasteiger partial charge in [-0.1, -0.05) is 85.0 Å². The Morgan fingerprint density at radius 2 is 1.68 bits per heavy atom. The standard InChI is InChI=1S/C38H48N2OS3/c1-5-36(41-28-32-14-8-6-9-15-32)31(3)26-30(2)33(27-39-44(4,42)34-16-10-7-11-17-34)20-23-40-24-21-38(22-25-40)29-43-37-19-13-12-18-35(37)38/h5-19,26,33,39,42H,1,20-25,27-29H2,2-4H3/b30-26+,36-31+. The van der Waals surface area contributed by atoms with E-state index in [0.29, 0.717) is 17.9 Å². The average molecular weight is 645 g/mol. The molecule has 1 spiro atoms. The molecule has 0 bridgehead atoms. The summed E-state index contributed by atoms with van der Waals surface area (Å²) in [5.74, 6) is 2.46. The summed E-state index contributed by atoms with van der Waals surface area (Å²) in [6.07, 6.45) is 9.99. The van der Waals surface area contributed by atoms with Gasteiger partial charge >= 0.3 is 0 Å². The molecule has 0 amide bonds. The number of thioether (sulfide) groups is 1. The largest absolute Gasteiger partial charge is 0.489 e. The fourth-order valence-corrected chi connectivity index (χ4v) is 9.86. The number of benzene rings is 3. The van der Waals surface area contributed by atoms with Gasteiger partial charge in [0.1, 0.15) is 12.4 Å². The molecular weight excluding hydrogens is 597 g/mol. The van der Waals surface area contributed by atoms with Gasteiger partial charge in [0.15, 0.2) is 0 Å². The van der Waals surface area contributed by atoms with Crippen LogP contribution in [0.2, 0.25) is 0 Å². The maximum absolute atomic E-state index is 6.20. The number of nitrogens with zero attached hydrogens (tertiary/aromatic N) is 1. The molecule has 2 heterocycles. The van der Waals surface area contributed by atoms with Crippen molar-refractivity contribution in [3.8, 4) is 0 Å². The molecule has 1 saturated heterocycles. The van der Waals surface area contributed by atoms with E-state index in [1.165, 1.54) is 47.0 Å². The highest BCUT2D eigenvalue weighted by Crippen LogP contribution is 2.53. The topological polar surface area (TPSA) is 24.5 Å². The quantitative estimate of drug-likeness (QED) is 0.0838. The van der Waals surface area contributed by atoms with Crippen LogP contribution in [0.5, 0.6) is 0 Å². The molecular formula is C38H48N2OS3. The molecule has 1 fully saturated rings. The van der Waals surface area contributed by atoms with Crippen LogP contribution in [0.4, 0.5) is 0 Å². The fourth-order valence-electron chi connectivity index (χ4n) is 6.40. The first-order chi connectivity index (χ1) is 21.3. The number of allylic oxidation sites excluding steroid dienone is 3. The van der Waals surface area contributed by atoms with Crippen molar-refractivity contribution in [2.75, 3.05) is 38.2 Å². The lowest BCUT2D eigenvalue weighted by molar-refractivity contribution is 0.165. The highest BCUT2D eigenvalue weighted by Gasteiger charge is 2.41. The predicted molar refractivity (Wildman–Crippen MR) is 196 cm³/mol. The molecule has 234 valence electrons. The van der Waals surface area contributed by atoms with Crippen molar-refractivity contribution in [3.05, 3.63) is 132 Å². The van der Waals surface area contributed by atoms with Gasteiger partial charge in [-0.15, -0.1) is 32.7 Å². The van der Waals surface area contributed by atoms with E-state index in [4.69, 9.17) is 16.4 Å². The maximum atomic E-state index is 6.20. The van der Waals surface area contributed by atoms with Crippen molar-refractivity contribution >= 4 is 32.7 Å². The molecule has 0 aromatic heterocycles. The number of ether oxygens (including phenoxy) is 1. The van der Waals surface area contributed by atoms with Crippen molar-refractivity contribution in [1.29, 1.82) is 0 Å². The number of rotatable bonds is 13. The summed E-state index contributed by atoms with van der Waals surface area (Å²) in [7, 11) is -1.42. The van der Waals surface area contributed by atoms with Gasteiger partial charge in [0.05, 0.1) is 0 Å². The number of hydrogen-bond acceptors (Lipinski definition) is 5. The summed E-state index contributed by atoms with van der Waals surface area (Å²) in [5, 5.41) is 0. The summed E-state index contributed by atoms with van der Waals surface area (Å²) in [6.45, 7) is 13.3. The molecule has 2 aliphatic rings. The Hall–Kier alpha value is -2.35. The Morgan fingerprint density at radius 1 is 1.02 bits per heavy atom. The maximum Gasteiger partial charge on any atom is 0.122 e. The summed E-state index contributed by atoms with van der Waals surface area (Å²) < 4.78 is 10.1. The molecule has 2 atom stereocenters. The fraction of sp³-hybridized carbons (Fsp3) is 0.368. The van der Waals surface area contributed by atoms with Gasteiger partial charge in [0.25, 0.3) is 0 Å². The molecule has 3 nitrogen and oxygen atoms in total. The third kappa shape index (κ3) is 8.27. The van der Waals surface area contributed by atoms with E-state index in [1.54, 1.807) is 5.56 Å². The van der Waals surface area contributed by atoms with Crippen LogP contribution in [0, 0.1) is 5.92 Å². The Morgan fingerprint density at radius 3 is 2.39 bits per heavy atom. The molecule has 3 aromatic rings. The second-order valence-electron chi connectivity index (χ2n) is 12.3. The van der Waals surface area contributed by atoms with E-state index in [2.05, 4.69) is 121 Å². The first-order valence-corrected chi connectivity index (χ1v) is 19.8. The van der Waals surface area contributed by atoms with Gasteiger partial charge in [-0.2, -0.15) is 0 Å². The Kier molecular flexibility index (Phi) is 11.5. The van der Waals surface area contributed by atoms with Crippen LogP contribution in [0.15, 0.2) is 130 Å². The molecule has 44 heavy (non-hydrogen) atoms. The smallest absolute Gasteiger partial charge is 0.122 e. The predicted octanol–water partition coefficient (Wildman–Crippen LogP) is 9.60. The van der Waals surface area contributed by atoms with E-state index in [1.807, 2.05) is 24.3 Å². The minimum absolute atomic E-state index is 0.365. The Labute approximate surface area is 276 Å². The summed E-state index contributed by atoms with van der Waals surface area (Å²) in [6, 6.07) is 30.0. The van der Waals surface area contributed by atoms with Gasteiger partial charge in [-0.25, -0.2) is 0 Å². The number of thiol groups is 1. The van der Waals surface area contributed by atoms with Crippen molar-refractivity contribution < 1.29 is 4.74 Å². The first kappa shape index (κ1) is 33.0. The minimum Gasteiger partial charge on any atom is -0.489 e. The molecule has 3 aromatic carbocycles. The summed E-state index contributed by atoms with van der Waals surface area (Å²) in [4.78, 5) is 5.46. The van der Waals surface area contributed by atoms with Gasteiger partial charge in [0.2, 0.25) is 0 Å². The zero-order chi connectivity index (χ0) is 31.0. The van der Waals surface area contributed by atoms with E-state index < -0.39 is 9.25 Å². The molecule has 6 heteroatoms.